The van der Waals surface area contributed by atoms with Crippen LogP contribution in [-0.2, 0) is 0 Å². The summed E-state index contributed by atoms with van der Waals surface area (Å²) in [5.41, 5.74) is 7.09. The van der Waals surface area contributed by atoms with Gasteiger partial charge in [-0.1, -0.05) is 12.1 Å². The number of rotatable bonds is 2. The Morgan fingerprint density at radius 1 is 1.35 bits per heavy atom. The average Bonchev–Trinajstić information content (AvgIpc) is 3.19. The van der Waals surface area contributed by atoms with E-state index in [1.807, 2.05) is 17.8 Å². The molecule has 0 radical (unpaired) electrons. The molecular weight excluding hydrogens is 388 g/mol. The van der Waals surface area contributed by atoms with Crippen LogP contribution >= 0.6 is 35.7 Å². The van der Waals surface area contributed by atoms with Crippen molar-refractivity contribution in [1.82, 2.24) is 4.90 Å². The Labute approximate surface area is 140 Å². The highest BCUT2D eigenvalue weighted by Crippen LogP contribution is 2.43. The zero-order valence-electron chi connectivity index (χ0n) is 11.2. The van der Waals surface area contributed by atoms with Crippen molar-refractivity contribution in [3.8, 4) is 0 Å². The van der Waals surface area contributed by atoms with Crippen LogP contribution in [0.2, 0.25) is 0 Å². The van der Waals surface area contributed by atoms with Gasteiger partial charge >= 0.3 is 0 Å². The fraction of sp³-hybridized carbons (Fsp3) is 0.500. The Morgan fingerprint density at radius 3 is 2.80 bits per heavy atom. The van der Waals surface area contributed by atoms with Crippen LogP contribution in [0.3, 0.4) is 0 Å². The first-order valence-electron chi connectivity index (χ1n) is 6.65. The van der Waals surface area contributed by atoms with Crippen molar-refractivity contribution in [1.29, 1.82) is 0 Å². The Bertz CT molecular complexity index is 491. The van der Waals surface area contributed by atoms with Crippen LogP contribution < -0.4 is 5.73 Å². The minimum absolute atomic E-state index is 0. The van der Waals surface area contributed by atoms with E-state index in [0.717, 1.165) is 36.6 Å². The maximum Gasteiger partial charge on any atom is 0.191 e. The van der Waals surface area contributed by atoms with E-state index in [4.69, 9.17) is 5.73 Å². The van der Waals surface area contributed by atoms with Crippen molar-refractivity contribution < 1.29 is 4.39 Å². The Hall–Kier alpha value is -0.500. The molecule has 6 heteroatoms. The molecule has 1 aromatic carbocycles. The molecule has 1 aliphatic carbocycles. The molecule has 3 nitrogen and oxygen atoms in total. The molecule has 3 rings (SSSR count). The van der Waals surface area contributed by atoms with E-state index < -0.39 is 0 Å². The number of nitrogens with zero attached hydrogens (tertiary/aromatic N) is 2. The zero-order chi connectivity index (χ0) is 13.2. The minimum Gasteiger partial charge on any atom is -0.370 e. The predicted octanol–water partition coefficient (Wildman–Crippen LogP) is 2.66. The van der Waals surface area contributed by atoms with Gasteiger partial charge in [-0.25, -0.2) is 9.38 Å². The molecule has 2 aliphatic rings. The second kappa shape index (κ2) is 6.98. The van der Waals surface area contributed by atoms with Gasteiger partial charge < -0.3 is 10.6 Å². The standard InChI is InChI=1S/C14H18FN3S.HI/c15-11-3-1-2-10(8-11)12-9-13(12)17-14(16)18-4-6-19-7-5-18;/h1-3,8,12-13H,4-7,9H2,(H2,16,17);1H/t12-,13+;/m0./s1. The number of thioether (sulfide) groups is 1. The lowest BCUT2D eigenvalue weighted by Gasteiger charge is -2.27. The van der Waals surface area contributed by atoms with Gasteiger partial charge in [-0.05, 0) is 24.1 Å². The lowest BCUT2D eigenvalue weighted by molar-refractivity contribution is 0.455. The van der Waals surface area contributed by atoms with E-state index in [1.165, 1.54) is 6.07 Å². The first-order valence-corrected chi connectivity index (χ1v) is 7.81. The third kappa shape index (κ3) is 3.78. The summed E-state index contributed by atoms with van der Waals surface area (Å²) in [6.07, 6.45) is 0.979. The summed E-state index contributed by atoms with van der Waals surface area (Å²) < 4.78 is 13.2. The van der Waals surface area contributed by atoms with Gasteiger partial charge in [0, 0.05) is 30.5 Å². The number of nitrogens with two attached hydrogens (primary N) is 1. The van der Waals surface area contributed by atoms with E-state index in [9.17, 15) is 4.39 Å². The van der Waals surface area contributed by atoms with Crippen LogP contribution in [0.5, 0.6) is 0 Å². The summed E-state index contributed by atoms with van der Waals surface area (Å²) in [7, 11) is 0. The van der Waals surface area contributed by atoms with Gasteiger partial charge in [0.25, 0.3) is 0 Å². The summed E-state index contributed by atoms with van der Waals surface area (Å²) in [5.74, 6) is 3.06. The molecule has 1 saturated heterocycles. The van der Waals surface area contributed by atoms with Gasteiger partial charge in [0.1, 0.15) is 5.82 Å². The molecule has 0 unspecified atom stereocenters. The van der Waals surface area contributed by atoms with Crippen molar-refractivity contribution in [2.45, 2.75) is 18.4 Å². The van der Waals surface area contributed by atoms with Gasteiger partial charge in [-0.2, -0.15) is 11.8 Å². The summed E-state index contributed by atoms with van der Waals surface area (Å²) >= 11 is 1.96. The lowest BCUT2D eigenvalue weighted by atomic mass is 10.1. The molecule has 2 atom stereocenters. The molecule has 1 heterocycles. The second-order valence-corrected chi connectivity index (χ2v) is 6.28. The van der Waals surface area contributed by atoms with Gasteiger partial charge in [-0.15, -0.1) is 24.0 Å². The highest BCUT2D eigenvalue weighted by molar-refractivity contribution is 14.0. The summed E-state index contributed by atoms with van der Waals surface area (Å²) in [4.78, 5) is 6.74. The maximum atomic E-state index is 13.2. The molecule has 110 valence electrons. The fourth-order valence-corrected chi connectivity index (χ4v) is 3.37. The molecular formula is C14H19FIN3S. The van der Waals surface area contributed by atoms with E-state index in [0.29, 0.717) is 11.9 Å². The number of aliphatic imine (C=N–C) groups is 1. The molecule has 1 saturated carbocycles. The van der Waals surface area contributed by atoms with Crippen molar-refractivity contribution in [2.75, 3.05) is 24.6 Å². The monoisotopic (exact) mass is 407 g/mol. The van der Waals surface area contributed by atoms with Gasteiger partial charge in [0.05, 0.1) is 6.04 Å². The van der Waals surface area contributed by atoms with Gasteiger partial charge in [0.15, 0.2) is 5.96 Å². The van der Waals surface area contributed by atoms with Crippen molar-refractivity contribution in [3.05, 3.63) is 35.6 Å². The highest BCUT2D eigenvalue weighted by Gasteiger charge is 2.39. The average molecular weight is 407 g/mol. The smallest absolute Gasteiger partial charge is 0.191 e. The Morgan fingerprint density at radius 2 is 2.10 bits per heavy atom. The van der Waals surface area contributed by atoms with Gasteiger partial charge in [-0.3, -0.25) is 0 Å². The zero-order valence-corrected chi connectivity index (χ0v) is 14.3. The third-order valence-electron chi connectivity index (χ3n) is 3.67. The largest absolute Gasteiger partial charge is 0.370 e. The van der Waals surface area contributed by atoms with Crippen LogP contribution in [0.1, 0.15) is 17.9 Å². The summed E-state index contributed by atoms with van der Waals surface area (Å²) in [6, 6.07) is 7.04. The van der Waals surface area contributed by atoms with Crippen LogP contribution in [0.25, 0.3) is 0 Å². The molecule has 1 aliphatic heterocycles. The van der Waals surface area contributed by atoms with E-state index in [-0.39, 0.29) is 35.8 Å². The Kier molecular flexibility index (Phi) is 5.54. The fourth-order valence-electron chi connectivity index (χ4n) is 2.46. The van der Waals surface area contributed by atoms with Crippen LogP contribution in [-0.4, -0.2) is 41.5 Å². The molecule has 2 fully saturated rings. The second-order valence-electron chi connectivity index (χ2n) is 5.05. The van der Waals surface area contributed by atoms with Crippen LogP contribution in [0.15, 0.2) is 29.3 Å². The number of benzene rings is 1. The first kappa shape index (κ1) is 15.9. The quantitative estimate of drug-likeness (QED) is 0.466. The minimum atomic E-state index is -0.173. The topological polar surface area (TPSA) is 41.6 Å². The molecule has 1 aromatic rings. The van der Waals surface area contributed by atoms with Crippen molar-refractivity contribution >= 4 is 41.7 Å². The van der Waals surface area contributed by atoms with Gasteiger partial charge in [0.2, 0.25) is 0 Å². The molecule has 20 heavy (non-hydrogen) atoms. The summed E-state index contributed by atoms with van der Waals surface area (Å²) in [6.45, 7) is 1.97. The molecule has 0 bridgehead atoms. The Balaban J connectivity index is 0.00000147. The SMILES string of the molecule is I.NC(=N[C@@H]1C[C@H]1c1cccc(F)c1)N1CCSCC1. The number of hydrogen-bond donors (Lipinski definition) is 1. The number of guanidine groups is 1. The highest BCUT2D eigenvalue weighted by atomic mass is 127. The lowest BCUT2D eigenvalue weighted by Crippen LogP contribution is -2.42. The predicted molar refractivity (Wildman–Crippen MR) is 93.5 cm³/mol. The van der Waals surface area contributed by atoms with Crippen molar-refractivity contribution in [3.63, 3.8) is 0 Å². The van der Waals surface area contributed by atoms with Crippen molar-refractivity contribution in [2.24, 2.45) is 10.7 Å². The number of hydrogen-bond acceptors (Lipinski definition) is 2. The van der Waals surface area contributed by atoms with E-state index >= 15 is 0 Å². The van der Waals surface area contributed by atoms with E-state index in [1.54, 1.807) is 12.1 Å². The normalized spacial score (nSPS) is 26.1. The van der Waals surface area contributed by atoms with E-state index in [2.05, 4.69) is 9.89 Å². The van der Waals surface area contributed by atoms with Crippen LogP contribution in [0.4, 0.5) is 4.39 Å². The molecule has 0 amide bonds. The molecule has 0 spiro atoms. The summed E-state index contributed by atoms with van der Waals surface area (Å²) in [5, 5.41) is 0. The number of halogens is 2. The van der Waals surface area contributed by atoms with Crippen LogP contribution in [0, 0.1) is 5.82 Å². The maximum absolute atomic E-state index is 13.2. The third-order valence-corrected chi connectivity index (χ3v) is 4.61. The molecule has 2 N–H and O–H groups in total. The molecule has 0 aromatic heterocycles. The first-order chi connectivity index (χ1) is 9.24.